The molecular formula is C11H8ClN3O4. The van der Waals surface area contributed by atoms with E-state index in [1.54, 1.807) is 0 Å². The molecule has 0 saturated heterocycles. The SMILES string of the molecule is O=C(O)CNC(=O)c1c(O)c(Cl)cc2nccnc12. The number of rotatable bonds is 3. The predicted octanol–water partition coefficient (Wildman–Crippen LogP) is 0.803. The highest BCUT2D eigenvalue weighted by atomic mass is 35.5. The normalized spacial score (nSPS) is 10.4. The zero-order chi connectivity index (χ0) is 14.0. The van der Waals surface area contributed by atoms with Crippen molar-refractivity contribution in [3.05, 3.63) is 29.0 Å². The molecule has 98 valence electrons. The fourth-order valence-corrected chi connectivity index (χ4v) is 1.72. The van der Waals surface area contributed by atoms with Crippen LogP contribution in [0.3, 0.4) is 0 Å². The number of hydrogen-bond acceptors (Lipinski definition) is 5. The van der Waals surface area contributed by atoms with E-state index in [-0.39, 0.29) is 16.1 Å². The summed E-state index contributed by atoms with van der Waals surface area (Å²) in [6.45, 7) is -0.577. The summed E-state index contributed by atoms with van der Waals surface area (Å²) in [6, 6.07) is 1.37. The molecule has 3 N–H and O–H groups in total. The van der Waals surface area contributed by atoms with Crippen LogP contribution < -0.4 is 5.32 Å². The minimum Gasteiger partial charge on any atom is -0.505 e. The maximum absolute atomic E-state index is 11.9. The van der Waals surface area contributed by atoms with Gasteiger partial charge >= 0.3 is 5.97 Å². The van der Waals surface area contributed by atoms with Crippen LogP contribution in [0.25, 0.3) is 11.0 Å². The molecule has 0 aliphatic heterocycles. The third-order valence-electron chi connectivity index (χ3n) is 2.32. The summed E-state index contributed by atoms with van der Waals surface area (Å²) in [5, 5.41) is 20.4. The lowest BCUT2D eigenvalue weighted by molar-refractivity contribution is -0.135. The lowest BCUT2D eigenvalue weighted by Gasteiger charge is -2.09. The maximum Gasteiger partial charge on any atom is 0.322 e. The Hall–Kier alpha value is -2.41. The number of phenols is 1. The number of nitrogens with one attached hydrogen (secondary N) is 1. The van der Waals surface area contributed by atoms with Crippen molar-refractivity contribution in [2.45, 2.75) is 0 Å². The van der Waals surface area contributed by atoms with E-state index in [0.717, 1.165) is 0 Å². The minimum atomic E-state index is -1.20. The Morgan fingerprint density at radius 2 is 2.00 bits per heavy atom. The number of carboxylic acids is 1. The number of phenolic OH excluding ortho intramolecular Hbond substituents is 1. The molecule has 2 aromatic rings. The first-order chi connectivity index (χ1) is 9.00. The number of aliphatic carboxylic acids is 1. The van der Waals surface area contributed by atoms with E-state index in [1.807, 2.05) is 0 Å². The van der Waals surface area contributed by atoms with Gasteiger partial charge in [0.2, 0.25) is 0 Å². The molecule has 0 fully saturated rings. The molecule has 1 heterocycles. The number of aromatic hydroxyl groups is 1. The summed E-state index contributed by atoms with van der Waals surface area (Å²) in [5.41, 5.74) is 0.273. The highest BCUT2D eigenvalue weighted by Crippen LogP contribution is 2.32. The van der Waals surface area contributed by atoms with E-state index < -0.39 is 24.2 Å². The van der Waals surface area contributed by atoms with Gasteiger partial charge < -0.3 is 15.5 Å². The Bertz CT molecular complexity index is 674. The second-order valence-electron chi connectivity index (χ2n) is 3.58. The molecule has 0 aliphatic rings. The number of aromatic nitrogens is 2. The number of hydrogen-bond donors (Lipinski definition) is 3. The van der Waals surface area contributed by atoms with Gasteiger partial charge in [-0.25, -0.2) is 0 Å². The van der Waals surface area contributed by atoms with Crippen molar-refractivity contribution in [1.82, 2.24) is 15.3 Å². The highest BCUT2D eigenvalue weighted by Gasteiger charge is 2.20. The number of carboxylic acid groups (broad SMARTS) is 1. The molecule has 7 nitrogen and oxygen atoms in total. The number of carbonyl (C=O) groups excluding carboxylic acids is 1. The molecule has 8 heteroatoms. The van der Waals surface area contributed by atoms with E-state index >= 15 is 0 Å². The van der Waals surface area contributed by atoms with Crippen LogP contribution in [0.15, 0.2) is 18.5 Å². The van der Waals surface area contributed by atoms with Crippen molar-refractivity contribution < 1.29 is 19.8 Å². The van der Waals surface area contributed by atoms with Crippen molar-refractivity contribution >= 4 is 34.5 Å². The first kappa shape index (κ1) is 13.0. The van der Waals surface area contributed by atoms with Crippen LogP contribution in [0.2, 0.25) is 5.02 Å². The topological polar surface area (TPSA) is 112 Å². The van der Waals surface area contributed by atoms with E-state index in [1.165, 1.54) is 18.5 Å². The molecule has 0 atom stereocenters. The summed E-state index contributed by atoms with van der Waals surface area (Å²) in [5.74, 6) is -2.45. The highest BCUT2D eigenvalue weighted by molar-refractivity contribution is 6.33. The van der Waals surface area contributed by atoms with Crippen molar-refractivity contribution in [2.75, 3.05) is 6.54 Å². The first-order valence-corrected chi connectivity index (χ1v) is 5.50. The second-order valence-corrected chi connectivity index (χ2v) is 3.99. The molecule has 0 aliphatic carbocycles. The molecule has 1 aromatic heterocycles. The van der Waals surface area contributed by atoms with Crippen LogP contribution in [0, 0.1) is 0 Å². The van der Waals surface area contributed by atoms with Gasteiger partial charge in [0, 0.05) is 12.4 Å². The Balaban J connectivity index is 2.54. The van der Waals surface area contributed by atoms with Crippen molar-refractivity contribution in [1.29, 1.82) is 0 Å². The number of halogens is 1. The largest absolute Gasteiger partial charge is 0.505 e. The summed E-state index contributed by atoms with van der Waals surface area (Å²) in [4.78, 5) is 30.2. The zero-order valence-corrected chi connectivity index (χ0v) is 10.2. The van der Waals surface area contributed by atoms with Gasteiger partial charge in [0.15, 0.2) is 0 Å². The number of fused-ring (bicyclic) bond motifs is 1. The molecule has 0 radical (unpaired) electrons. The van der Waals surface area contributed by atoms with E-state index in [4.69, 9.17) is 16.7 Å². The van der Waals surface area contributed by atoms with E-state index in [0.29, 0.717) is 5.52 Å². The number of carbonyl (C=O) groups is 2. The molecule has 0 saturated carbocycles. The van der Waals surface area contributed by atoms with E-state index in [9.17, 15) is 14.7 Å². The van der Waals surface area contributed by atoms with Gasteiger partial charge in [-0.15, -0.1) is 0 Å². The standard InChI is InChI=1S/C11H8ClN3O4/c12-5-3-6-9(14-2-1-13-6)8(10(5)18)11(19)15-4-7(16)17/h1-3,18H,4H2,(H,15,19)(H,16,17). The fraction of sp³-hybridized carbons (Fsp3) is 0.0909. The van der Waals surface area contributed by atoms with Gasteiger partial charge in [-0.2, -0.15) is 0 Å². The summed E-state index contributed by atoms with van der Waals surface area (Å²) in [6.07, 6.45) is 2.76. The van der Waals surface area contributed by atoms with Crippen molar-refractivity contribution in [3.8, 4) is 5.75 Å². The number of nitrogens with zero attached hydrogens (tertiary/aromatic N) is 2. The molecule has 1 aromatic carbocycles. The molecule has 1 amide bonds. The molecule has 2 rings (SSSR count). The Morgan fingerprint density at radius 3 is 2.68 bits per heavy atom. The van der Waals surface area contributed by atoms with Crippen LogP contribution in [-0.2, 0) is 4.79 Å². The third-order valence-corrected chi connectivity index (χ3v) is 2.61. The summed E-state index contributed by atoms with van der Waals surface area (Å²) in [7, 11) is 0. The zero-order valence-electron chi connectivity index (χ0n) is 9.42. The van der Waals surface area contributed by atoms with E-state index in [2.05, 4.69) is 15.3 Å². The smallest absolute Gasteiger partial charge is 0.322 e. The van der Waals surface area contributed by atoms with Crippen LogP contribution in [0.1, 0.15) is 10.4 Å². The second kappa shape index (κ2) is 5.07. The van der Waals surface area contributed by atoms with Crippen molar-refractivity contribution in [3.63, 3.8) is 0 Å². The van der Waals surface area contributed by atoms with Crippen LogP contribution in [-0.4, -0.2) is 38.6 Å². The maximum atomic E-state index is 11.9. The molecular weight excluding hydrogens is 274 g/mol. The Kier molecular flexibility index (Phi) is 3.48. The molecule has 0 spiro atoms. The Labute approximate surface area is 111 Å². The molecule has 0 unspecified atom stereocenters. The predicted molar refractivity (Wildman–Crippen MR) is 66.2 cm³/mol. The third kappa shape index (κ3) is 2.55. The van der Waals surface area contributed by atoms with Crippen molar-refractivity contribution in [2.24, 2.45) is 0 Å². The van der Waals surface area contributed by atoms with Gasteiger partial charge in [-0.1, -0.05) is 11.6 Å². The molecule has 0 bridgehead atoms. The quantitative estimate of drug-likeness (QED) is 0.767. The van der Waals surface area contributed by atoms with Gasteiger partial charge in [0.25, 0.3) is 5.91 Å². The lowest BCUT2D eigenvalue weighted by atomic mass is 10.1. The van der Waals surface area contributed by atoms with Gasteiger partial charge in [-0.3, -0.25) is 19.6 Å². The average molecular weight is 282 g/mol. The van der Waals surface area contributed by atoms with Crippen LogP contribution in [0.4, 0.5) is 0 Å². The fourth-order valence-electron chi connectivity index (χ4n) is 1.53. The first-order valence-electron chi connectivity index (χ1n) is 5.13. The number of amides is 1. The summed E-state index contributed by atoms with van der Waals surface area (Å²) < 4.78 is 0. The van der Waals surface area contributed by atoms with Gasteiger partial charge in [-0.05, 0) is 6.07 Å². The number of benzene rings is 1. The Morgan fingerprint density at radius 1 is 1.32 bits per heavy atom. The minimum absolute atomic E-state index is 0.0616. The van der Waals surface area contributed by atoms with Gasteiger partial charge in [0.05, 0.1) is 10.5 Å². The molecule has 19 heavy (non-hydrogen) atoms. The van der Waals surface area contributed by atoms with Crippen LogP contribution in [0.5, 0.6) is 5.75 Å². The van der Waals surface area contributed by atoms with Crippen LogP contribution >= 0.6 is 11.6 Å². The monoisotopic (exact) mass is 281 g/mol. The van der Waals surface area contributed by atoms with Gasteiger partial charge in [0.1, 0.15) is 23.4 Å². The lowest BCUT2D eigenvalue weighted by Crippen LogP contribution is -2.29. The average Bonchev–Trinajstić information content (AvgIpc) is 2.37. The summed E-state index contributed by atoms with van der Waals surface area (Å²) >= 11 is 5.79.